The van der Waals surface area contributed by atoms with E-state index in [0.29, 0.717) is 0 Å². The Morgan fingerprint density at radius 3 is 2.62 bits per heavy atom. The van der Waals surface area contributed by atoms with E-state index in [1.165, 1.54) is 11.8 Å². The van der Waals surface area contributed by atoms with Gasteiger partial charge in [-0.15, -0.1) is 11.8 Å². The molecule has 0 N–H and O–H groups in total. The topological polar surface area (TPSA) is 23.8 Å². The summed E-state index contributed by atoms with van der Waals surface area (Å²) in [6.45, 7) is 1.85. The van der Waals surface area contributed by atoms with Gasteiger partial charge in [-0.1, -0.05) is 24.6 Å². The van der Waals surface area contributed by atoms with Gasteiger partial charge in [-0.2, -0.15) is 18.4 Å². The highest BCUT2D eigenvalue weighted by Crippen LogP contribution is 2.32. The average Bonchev–Trinajstić information content (AvgIpc) is 2.40. The van der Waals surface area contributed by atoms with E-state index in [1.54, 1.807) is 0 Å². The minimum Gasteiger partial charge on any atom is -0.185 e. The summed E-state index contributed by atoms with van der Waals surface area (Å²) in [6.07, 6.45) is -0.450. The molecule has 0 aromatic heterocycles. The van der Waals surface area contributed by atoms with Gasteiger partial charge in [0.2, 0.25) is 0 Å². The van der Waals surface area contributed by atoms with Crippen LogP contribution < -0.4 is 0 Å². The van der Waals surface area contributed by atoms with Crippen molar-refractivity contribution in [2.45, 2.75) is 43.7 Å². The molecule has 0 bridgehead atoms. The van der Waals surface area contributed by atoms with Gasteiger partial charge in [-0.05, 0) is 49.1 Å². The van der Waals surface area contributed by atoms with Gasteiger partial charge in [0.25, 0.3) is 0 Å². The molecule has 0 fully saturated rings. The Hall–Kier alpha value is -0.800. The molecule has 0 spiro atoms. The van der Waals surface area contributed by atoms with Gasteiger partial charge in [-0.3, -0.25) is 0 Å². The number of aryl methyl sites for hydroxylation is 2. The fraction of sp³-hybridized carbons (Fsp3) is 0.533. The lowest BCUT2D eigenvalue weighted by Crippen LogP contribution is -2.11. The molecule has 0 saturated heterocycles. The highest BCUT2D eigenvalue weighted by atomic mass is 32.2. The molecule has 1 aromatic rings. The van der Waals surface area contributed by atoms with Crippen molar-refractivity contribution in [2.75, 3.05) is 11.5 Å². The number of alkyl halides is 3. The number of unbranched alkanes of at least 4 members (excludes halogenated alkanes) is 2. The van der Waals surface area contributed by atoms with E-state index < -0.39 is 11.9 Å². The number of thioether (sulfide) groups is 2. The number of nitrogens with zero attached hydrogens (tertiary/aromatic N) is 1. The van der Waals surface area contributed by atoms with Crippen LogP contribution in [0, 0.1) is 17.6 Å². The SMILES string of the molecule is Cc1cccc(CCCCCSC#N)c1SCC(F)(F)F. The molecular formula is C15H18F3NS2. The molecule has 0 amide bonds. The van der Waals surface area contributed by atoms with Gasteiger partial charge in [0.1, 0.15) is 5.40 Å². The van der Waals surface area contributed by atoms with Crippen molar-refractivity contribution < 1.29 is 13.2 Å². The maximum Gasteiger partial charge on any atom is 0.398 e. The van der Waals surface area contributed by atoms with Gasteiger partial charge in [-0.25, -0.2) is 0 Å². The van der Waals surface area contributed by atoms with Crippen molar-refractivity contribution in [2.24, 2.45) is 0 Å². The number of hydrogen-bond acceptors (Lipinski definition) is 3. The predicted octanol–water partition coefficient (Wildman–Crippen LogP) is 5.58. The van der Waals surface area contributed by atoms with Crippen LogP contribution in [0.15, 0.2) is 23.1 Å². The highest BCUT2D eigenvalue weighted by Gasteiger charge is 2.27. The normalized spacial score (nSPS) is 11.4. The maximum absolute atomic E-state index is 12.4. The molecule has 0 saturated carbocycles. The molecule has 0 aliphatic carbocycles. The van der Waals surface area contributed by atoms with Gasteiger partial charge in [0.15, 0.2) is 0 Å². The Morgan fingerprint density at radius 2 is 1.95 bits per heavy atom. The molecule has 116 valence electrons. The minimum absolute atomic E-state index is 0.765. The van der Waals surface area contributed by atoms with Gasteiger partial charge in [0.05, 0.1) is 5.75 Å². The van der Waals surface area contributed by atoms with Gasteiger partial charge < -0.3 is 0 Å². The van der Waals surface area contributed by atoms with Crippen LogP contribution in [0.2, 0.25) is 0 Å². The second-order valence-corrected chi connectivity index (χ2v) is 6.58. The van der Waals surface area contributed by atoms with Crippen LogP contribution >= 0.6 is 23.5 Å². The second kappa shape index (κ2) is 9.26. The van der Waals surface area contributed by atoms with E-state index in [0.717, 1.165) is 59.2 Å². The molecule has 0 atom stereocenters. The Bertz CT molecular complexity index is 481. The lowest BCUT2D eigenvalue weighted by Gasteiger charge is -2.13. The van der Waals surface area contributed by atoms with Crippen LogP contribution in [0.5, 0.6) is 0 Å². The molecular weight excluding hydrogens is 315 g/mol. The first kappa shape index (κ1) is 18.2. The zero-order valence-corrected chi connectivity index (χ0v) is 13.5. The molecule has 0 radical (unpaired) electrons. The number of halogens is 3. The third-order valence-corrected chi connectivity index (χ3v) is 4.90. The Balaban J connectivity index is 2.53. The molecule has 1 nitrogen and oxygen atoms in total. The van der Waals surface area contributed by atoms with Crippen molar-refractivity contribution in [3.8, 4) is 5.40 Å². The smallest absolute Gasteiger partial charge is 0.185 e. The lowest BCUT2D eigenvalue weighted by atomic mass is 10.0. The minimum atomic E-state index is -4.14. The molecule has 0 aliphatic rings. The monoisotopic (exact) mass is 333 g/mol. The molecule has 0 heterocycles. The van der Waals surface area contributed by atoms with Crippen molar-refractivity contribution in [1.29, 1.82) is 5.26 Å². The molecule has 6 heteroatoms. The maximum atomic E-state index is 12.4. The molecule has 0 unspecified atom stereocenters. The summed E-state index contributed by atoms with van der Waals surface area (Å²) in [7, 11) is 0. The largest absolute Gasteiger partial charge is 0.398 e. The van der Waals surface area contributed by atoms with Crippen molar-refractivity contribution in [3.63, 3.8) is 0 Å². The number of thiocyanates is 1. The van der Waals surface area contributed by atoms with Crippen LogP contribution in [0.1, 0.15) is 30.4 Å². The molecule has 1 rings (SSSR count). The zero-order chi connectivity index (χ0) is 15.7. The zero-order valence-electron chi connectivity index (χ0n) is 11.9. The Labute approximate surface area is 132 Å². The van der Waals surface area contributed by atoms with E-state index in [1.807, 2.05) is 30.5 Å². The van der Waals surface area contributed by atoms with E-state index in [-0.39, 0.29) is 0 Å². The first-order valence-electron chi connectivity index (χ1n) is 6.73. The number of nitriles is 1. The predicted molar refractivity (Wildman–Crippen MR) is 83.6 cm³/mol. The summed E-state index contributed by atoms with van der Waals surface area (Å²) < 4.78 is 37.1. The average molecular weight is 333 g/mol. The van der Waals surface area contributed by atoms with E-state index >= 15 is 0 Å². The fourth-order valence-corrected chi connectivity index (χ4v) is 3.38. The van der Waals surface area contributed by atoms with Gasteiger partial charge >= 0.3 is 6.18 Å². The van der Waals surface area contributed by atoms with E-state index in [9.17, 15) is 13.2 Å². The van der Waals surface area contributed by atoms with Crippen LogP contribution in [-0.2, 0) is 6.42 Å². The number of benzene rings is 1. The van der Waals surface area contributed by atoms with Crippen LogP contribution in [-0.4, -0.2) is 17.7 Å². The molecule has 0 aliphatic heterocycles. The molecule has 21 heavy (non-hydrogen) atoms. The standard InChI is InChI=1S/C15H18F3NS2/c1-12-6-5-8-13(7-3-2-4-9-20-11-19)14(12)21-10-15(16,17)18/h5-6,8H,2-4,7,9-10H2,1H3. The van der Waals surface area contributed by atoms with Crippen LogP contribution in [0.4, 0.5) is 13.2 Å². The number of hydrogen-bond donors (Lipinski definition) is 0. The van der Waals surface area contributed by atoms with E-state index in [4.69, 9.17) is 5.26 Å². The summed E-state index contributed by atoms with van der Waals surface area (Å²) in [4.78, 5) is 0.765. The van der Waals surface area contributed by atoms with Crippen molar-refractivity contribution in [3.05, 3.63) is 29.3 Å². The quantitative estimate of drug-likeness (QED) is 0.353. The summed E-state index contributed by atoms with van der Waals surface area (Å²) in [5.41, 5.74) is 1.90. The highest BCUT2D eigenvalue weighted by molar-refractivity contribution is 8.03. The summed E-state index contributed by atoms with van der Waals surface area (Å²) in [6, 6.07) is 5.66. The van der Waals surface area contributed by atoms with Crippen LogP contribution in [0.25, 0.3) is 0 Å². The summed E-state index contributed by atoms with van der Waals surface area (Å²) >= 11 is 2.13. The summed E-state index contributed by atoms with van der Waals surface area (Å²) in [5, 5.41) is 10.4. The number of rotatable bonds is 8. The molecule has 1 aromatic carbocycles. The Kier molecular flexibility index (Phi) is 8.05. The Morgan fingerprint density at radius 1 is 1.19 bits per heavy atom. The van der Waals surface area contributed by atoms with E-state index in [2.05, 4.69) is 0 Å². The van der Waals surface area contributed by atoms with Crippen LogP contribution in [0.3, 0.4) is 0 Å². The lowest BCUT2D eigenvalue weighted by molar-refractivity contribution is -0.105. The summed E-state index contributed by atoms with van der Waals surface area (Å²) in [5.74, 6) is -0.0241. The first-order chi connectivity index (χ1) is 9.94. The van der Waals surface area contributed by atoms with Crippen molar-refractivity contribution >= 4 is 23.5 Å². The van der Waals surface area contributed by atoms with Crippen molar-refractivity contribution in [1.82, 2.24) is 0 Å². The third kappa shape index (κ3) is 7.68. The van der Waals surface area contributed by atoms with Gasteiger partial charge in [0, 0.05) is 10.6 Å². The fourth-order valence-electron chi connectivity index (χ4n) is 1.98. The second-order valence-electron chi connectivity index (χ2n) is 4.72. The third-order valence-electron chi connectivity index (χ3n) is 2.93. The first-order valence-corrected chi connectivity index (χ1v) is 8.70.